The van der Waals surface area contributed by atoms with E-state index in [-0.39, 0.29) is 22.2 Å². The largest absolute Gasteiger partial charge is 0.573 e. The summed E-state index contributed by atoms with van der Waals surface area (Å²) in [5.41, 5.74) is -0.624. The molecule has 2 aromatic heterocycles. The van der Waals surface area contributed by atoms with Crippen LogP contribution in [0.1, 0.15) is 31.3 Å². The molecule has 28 heavy (non-hydrogen) atoms. The van der Waals surface area contributed by atoms with Crippen LogP contribution < -0.4 is 4.74 Å². The van der Waals surface area contributed by atoms with Gasteiger partial charge in [-0.2, -0.15) is 0 Å². The van der Waals surface area contributed by atoms with Crippen molar-refractivity contribution < 1.29 is 27.4 Å². The Balaban J connectivity index is 2.26. The second-order valence-corrected chi connectivity index (χ2v) is 7.32. The zero-order chi connectivity index (χ0) is 20.7. The number of pyridine rings is 1. The molecule has 2 heterocycles. The maximum absolute atomic E-state index is 12.9. The number of para-hydroxylation sites is 2. The highest BCUT2D eigenvalue weighted by Gasteiger charge is 2.33. The van der Waals surface area contributed by atoms with Gasteiger partial charge < -0.3 is 9.47 Å². The second kappa shape index (κ2) is 7.01. The van der Waals surface area contributed by atoms with E-state index in [0.29, 0.717) is 5.39 Å². The van der Waals surface area contributed by atoms with Crippen LogP contribution in [0.15, 0.2) is 42.5 Å². The highest BCUT2D eigenvalue weighted by atomic mass is 35.5. The Morgan fingerprint density at radius 1 is 1.11 bits per heavy atom. The SMILES string of the molecule is CC(C)(C)OC(=O)c1cc2ccc(Cl)nc2n1-c1ccccc1OC(F)(F)F. The number of hydrogen-bond donors (Lipinski definition) is 0. The van der Waals surface area contributed by atoms with Crippen molar-refractivity contribution in [2.45, 2.75) is 32.7 Å². The maximum atomic E-state index is 12.9. The maximum Gasteiger partial charge on any atom is 0.573 e. The summed E-state index contributed by atoms with van der Waals surface area (Å²) >= 11 is 5.97. The van der Waals surface area contributed by atoms with E-state index in [1.165, 1.54) is 34.9 Å². The first-order chi connectivity index (χ1) is 12.9. The minimum Gasteiger partial charge on any atom is -0.455 e. The number of halogens is 4. The molecule has 0 N–H and O–H groups in total. The molecule has 0 saturated heterocycles. The van der Waals surface area contributed by atoms with Gasteiger partial charge in [0.1, 0.15) is 22.1 Å². The minimum atomic E-state index is -4.91. The van der Waals surface area contributed by atoms with Crippen LogP contribution >= 0.6 is 11.6 Å². The molecule has 1 aromatic carbocycles. The van der Waals surface area contributed by atoms with Gasteiger partial charge in [0.2, 0.25) is 0 Å². The summed E-state index contributed by atoms with van der Waals surface area (Å²) in [7, 11) is 0. The van der Waals surface area contributed by atoms with Crippen molar-refractivity contribution in [1.82, 2.24) is 9.55 Å². The molecule has 0 aliphatic heterocycles. The lowest BCUT2D eigenvalue weighted by molar-refractivity contribution is -0.274. The normalized spacial score (nSPS) is 12.2. The summed E-state index contributed by atoms with van der Waals surface area (Å²) in [6.45, 7) is 5.06. The second-order valence-electron chi connectivity index (χ2n) is 6.93. The Bertz CT molecular complexity index is 1040. The lowest BCUT2D eigenvalue weighted by atomic mass is 10.2. The molecule has 5 nitrogen and oxygen atoms in total. The van der Waals surface area contributed by atoms with Crippen molar-refractivity contribution in [3.05, 3.63) is 53.3 Å². The van der Waals surface area contributed by atoms with Crippen molar-refractivity contribution >= 4 is 28.6 Å². The summed E-state index contributed by atoms with van der Waals surface area (Å²) in [6.07, 6.45) is -4.91. The van der Waals surface area contributed by atoms with Crippen LogP contribution in [0.5, 0.6) is 5.75 Å². The van der Waals surface area contributed by atoms with E-state index in [9.17, 15) is 18.0 Å². The predicted molar refractivity (Wildman–Crippen MR) is 97.9 cm³/mol. The fraction of sp³-hybridized carbons (Fsp3) is 0.263. The van der Waals surface area contributed by atoms with Crippen molar-refractivity contribution in [2.75, 3.05) is 0 Å². The zero-order valence-corrected chi connectivity index (χ0v) is 15.9. The Labute approximate surface area is 163 Å². The molecule has 0 fully saturated rings. The number of hydrogen-bond acceptors (Lipinski definition) is 4. The smallest absolute Gasteiger partial charge is 0.455 e. The van der Waals surface area contributed by atoms with Crippen molar-refractivity contribution in [3.63, 3.8) is 0 Å². The molecule has 0 aliphatic carbocycles. The Morgan fingerprint density at radius 2 is 1.79 bits per heavy atom. The molecule has 0 saturated carbocycles. The van der Waals surface area contributed by atoms with E-state index in [4.69, 9.17) is 16.3 Å². The van der Waals surface area contributed by atoms with Crippen molar-refractivity contribution in [3.8, 4) is 11.4 Å². The summed E-state index contributed by atoms with van der Waals surface area (Å²) < 4.78 is 49.4. The minimum absolute atomic E-state index is 0.00193. The lowest BCUT2D eigenvalue weighted by Gasteiger charge is -2.21. The van der Waals surface area contributed by atoms with Crippen LogP contribution in [-0.2, 0) is 4.74 Å². The molecule has 0 atom stereocenters. The third kappa shape index (κ3) is 4.39. The van der Waals surface area contributed by atoms with Gasteiger partial charge in [-0.05, 0) is 51.1 Å². The predicted octanol–water partition coefficient (Wildman–Crippen LogP) is 5.53. The van der Waals surface area contributed by atoms with Gasteiger partial charge in [0.25, 0.3) is 0 Å². The summed E-state index contributed by atoms with van der Waals surface area (Å²) in [5, 5.41) is 0.629. The molecular weight excluding hydrogens is 397 g/mol. The van der Waals surface area contributed by atoms with Gasteiger partial charge in [-0.25, -0.2) is 9.78 Å². The molecule has 0 unspecified atom stereocenters. The van der Waals surface area contributed by atoms with E-state index >= 15 is 0 Å². The first kappa shape index (κ1) is 20.0. The standard InChI is InChI=1S/C19H16ClF3N2O3/c1-18(2,3)28-17(26)13-10-11-8-9-15(20)24-16(11)25(13)12-6-4-5-7-14(12)27-19(21,22)23/h4-10H,1-3H3. The molecule has 0 amide bonds. The van der Waals surface area contributed by atoms with Gasteiger partial charge in [0, 0.05) is 5.39 Å². The summed E-state index contributed by atoms with van der Waals surface area (Å²) in [5.74, 6) is -1.21. The molecular formula is C19H16ClF3N2O3. The quantitative estimate of drug-likeness (QED) is 0.419. The number of ether oxygens (including phenoxy) is 2. The lowest BCUT2D eigenvalue weighted by Crippen LogP contribution is -2.25. The van der Waals surface area contributed by atoms with Gasteiger partial charge in [-0.15, -0.1) is 13.2 Å². The number of nitrogens with zero attached hydrogens (tertiary/aromatic N) is 2. The van der Waals surface area contributed by atoms with E-state index in [0.717, 1.165) is 6.07 Å². The summed E-state index contributed by atoms with van der Waals surface area (Å²) in [6, 6.07) is 10.1. The Morgan fingerprint density at radius 3 is 2.43 bits per heavy atom. The first-order valence-electron chi connectivity index (χ1n) is 8.21. The van der Waals surface area contributed by atoms with Gasteiger partial charge in [0.15, 0.2) is 5.75 Å². The van der Waals surface area contributed by atoms with Gasteiger partial charge >= 0.3 is 12.3 Å². The Hall–Kier alpha value is -2.74. The molecule has 0 aliphatic rings. The number of carbonyl (C=O) groups is 1. The number of benzene rings is 1. The topological polar surface area (TPSA) is 53.3 Å². The van der Waals surface area contributed by atoms with Crippen molar-refractivity contribution in [1.29, 1.82) is 0 Å². The number of aromatic nitrogens is 2. The van der Waals surface area contributed by atoms with Crippen LogP contribution in [0.2, 0.25) is 5.15 Å². The molecule has 3 rings (SSSR count). The van der Waals surface area contributed by atoms with Gasteiger partial charge in [0.05, 0.1) is 5.69 Å². The monoisotopic (exact) mass is 412 g/mol. The van der Waals surface area contributed by atoms with Crippen LogP contribution in [0.3, 0.4) is 0 Å². The molecule has 0 radical (unpaired) electrons. The van der Waals surface area contributed by atoms with Crippen LogP contribution in [-0.4, -0.2) is 27.5 Å². The Kier molecular flexibility index (Phi) is 5.01. The third-order valence-corrected chi connectivity index (χ3v) is 3.77. The van der Waals surface area contributed by atoms with E-state index in [1.54, 1.807) is 26.8 Å². The van der Waals surface area contributed by atoms with Crippen LogP contribution in [0.25, 0.3) is 16.7 Å². The number of esters is 1. The van der Waals surface area contributed by atoms with Crippen LogP contribution in [0, 0.1) is 0 Å². The molecule has 3 aromatic rings. The number of alkyl halides is 3. The van der Waals surface area contributed by atoms with Crippen molar-refractivity contribution in [2.24, 2.45) is 0 Å². The van der Waals surface area contributed by atoms with Crippen LogP contribution in [0.4, 0.5) is 13.2 Å². The van der Waals surface area contributed by atoms with E-state index in [2.05, 4.69) is 9.72 Å². The average Bonchev–Trinajstić information content (AvgIpc) is 2.91. The fourth-order valence-corrected chi connectivity index (χ4v) is 2.77. The fourth-order valence-electron chi connectivity index (χ4n) is 2.63. The zero-order valence-electron chi connectivity index (χ0n) is 15.2. The van der Waals surface area contributed by atoms with E-state index < -0.39 is 23.7 Å². The van der Waals surface area contributed by atoms with E-state index in [1.807, 2.05) is 0 Å². The number of rotatable bonds is 3. The highest BCUT2D eigenvalue weighted by molar-refractivity contribution is 6.29. The average molecular weight is 413 g/mol. The third-order valence-electron chi connectivity index (χ3n) is 3.56. The first-order valence-corrected chi connectivity index (χ1v) is 8.59. The summed E-state index contributed by atoms with van der Waals surface area (Å²) in [4.78, 5) is 16.9. The molecule has 148 valence electrons. The number of fused-ring (bicyclic) bond motifs is 1. The number of carbonyl (C=O) groups excluding carboxylic acids is 1. The highest BCUT2D eigenvalue weighted by Crippen LogP contribution is 2.33. The van der Waals surface area contributed by atoms with Gasteiger partial charge in [-0.3, -0.25) is 4.57 Å². The molecule has 0 bridgehead atoms. The molecule has 9 heteroatoms. The van der Waals surface area contributed by atoms with Gasteiger partial charge in [-0.1, -0.05) is 23.7 Å². The molecule has 0 spiro atoms.